The Morgan fingerprint density at radius 3 is 2.74 bits per heavy atom. The van der Waals surface area contributed by atoms with Crippen LogP contribution in [-0.4, -0.2) is 39.6 Å². The second-order valence-electron chi connectivity index (χ2n) is 8.43. The van der Waals surface area contributed by atoms with Gasteiger partial charge in [-0.15, -0.1) is 16.8 Å². The second kappa shape index (κ2) is 10.8. The van der Waals surface area contributed by atoms with E-state index in [1.807, 2.05) is 35.8 Å². The number of benzene rings is 1. The maximum atomic E-state index is 12.9. The number of furan rings is 1. The highest BCUT2D eigenvalue weighted by Crippen LogP contribution is 2.34. The number of ether oxygens (including phenoxy) is 2. The van der Waals surface area contributed by atoms with Crippen molar-refractivity contribution < 1.29 is 18.7 Å². The molecular weight excluding hydrogens is 452 g/mol. The van der Waals surface area contributed by atoms with Gasteiger partial charge in [0.15, 0.2) is 22.5 Å². The van der Waals surface area contributed by atoms with E-state index in [2.05, 4.69) is 35.9 Å². The Balaban J connectivity index is 1.46. The van der Waals surface area contributed by atoms with Crippen molar-refractivity contribution in [2.75, 3.05) is 19.0 Å². The lowest BCUT2D eigenvalue weighted by atomic mass is 9.95. The molecule has 180 valence electrons. The molecule has 1 amide bonds. The number of thioether (sulfide) groups is 1. The molecule has 9 heteroatoms. The molecule has 8 nitrogen and oxygen atoms in total. The Labute approximate surface area is 203 Å². The highest BCUT2D eigenvalue weighted by Gasteiger charge is 2.22. The zero-order chi connectivity index (χ0) is 24.1. The average Bonchev–Trinajstić information content (AvgIpc) is 3.33. The molecule has 1 aliphatic rings. The summed E-state index contributed by atoms with van der Waals surface area (Å²) in [6, 6.07) is 7.59. The number of hydrogen-bond donors (Lipinski definition) is 1. The number of hydrogen-bond acceptors (Lipinski definition) is 7. The molecule has 0 fully saturated rings. The molecule has 1 aliphatic heterocycles. The van der Waals surface area contributed by atoms with Gasteiger partial charge in [-0.25, -0.2) is 0 Å². The molecule has 4 rings (SSSR count). The van der Waals surface area contributed by atoms with E-state index in [4.69, 9.17) is 13.9 Å². The molecule has 0 bridgehead atoms. The van der Waals surface area contributed by atoms with Crippen LogP contribution in [0.4, 0.5) is 0 Å². The molecule has 1 atom stereocenters. The summed E-state index contributed by atoms with van der Waals surface area (Å²) in [4.78, 5) is 12.9. The first-order chi connectivity index (χ1) is 16.5. The van der Waals surface area contributed by atoms with Crippen LogP contribution in [0.5, 0.6) is 11.5 Å². The predicted octanol–water partition coefficient (Wildman–Crippen LogP) is 4.80. The highest BCUT2D eigenvalue weighted by atomic mass is 32.2. The van der Waals surface area contributed by atoms with Gasteiger partial charge in [0.1, 0.15) is 5.76 Å². The summed E-state index contributed by atoms with van der Waals surface area (Å²) in [5, 5.41) is 12.5. The molecule has 0 spiro atoms. The molecule has 1 N–H and O–H groups in total. The first-order valence-corrected chi connectivity index (χ1v) is 12.4. The maximum Gasteiger partial charge on any atom is 0.230 e. The zero-order valence-corrected chi connectivity index (χ0v) is 20.6. The normalized spacial score (nSPS) is 14.0. The van der Waals surface area contributed by atoms with E-state index >= 15 is 0 Å². The number of carbonyl (C=O) groups is 1. The molecule has 0 saturated carbocycles. The monoisotopic (exact) mass is 482 g/mol. The average molecular weight is 483 g/mol. The van der Waals surface area contributed by atoms with Crippen LogP contribution in [0.15, 0.2) is 52.8 Å². The van der Waals surface area contributed by atoms with Gasteiger partial charge in [-0.05, 0) is 36.6 Å². The van der Waals surface area contributed by atoms with Crippen molar-refractivity contribution in [3.05, 3.63) is 54.5 Å². The first-order valence-electron chi connectivity index (χ1n) is 11.4. The Hall–Kier alpha value is -3.20. The highest BCUT2D eigenvalue weighted by molar-refractivity contribution is 7.99. The molecule has 1 aromatic carbocycles. The Morgan fingerprint density at radius 1 is 1.24 bits per heavy atom. The smallest absolute Gasteiger partial charge is 0.230 e. The quantitative estimate of drug-likeness (QED) is 0.346. The summed E-state index contributed by atoms with van der Waals surface area (Å²) in [6.45, 7) is 11.7. The number of aryl methyl sites for hydroxylation is 1. The van der Waals surface area contributed by atoms with Crippen LogP contribution in [0.3, 0.4) is 0 Å². The van der Waals surface area contributed by atoms with Crippen LogP contribution >= 0.6 is 11.8 Å². The van der Waals surface area contributed by atoms with E-state index in [0.29, 0.717) is 30.7 Å². The van der Waals surface area contributed by atoms with Gasteiger partial charge in [-0.1, -0.05) is 37.8 Å². The summed E-state index contributed by atoms with van der Waals surface area (Å²) >= 11 is 1.35. The van der Waals surface area contributed by atoms with Gasteiger partial charge < -0.3 is 19.2 Å². The lowest BCUT2D eigenvalue weighted by molar-refractivity contribution is -0.119. The van der Waals surface area contributed by atoms with Crippen LogP contribution in [-0.2, 0) is 11.3 Å². The van der Waals surface area contributed by atoms with Crippen molar-refractivity contribution in [1.82, 2.24) is 20.1 Å². The minimum atomic E-state index is -0.152. The molecule has 34 heavy (non-hydrogen) atoms. The number of nitrogens with one attached hydrogen (secondary N) is 1. The van der Waals surface area contributed by atoms with Crippen LogP contribution in [0.1, 0.15) is 37.6 Å². The van der Waals surface area contributed by atoms with Crippen molar-refractivity contribution in [3.8, 4) is 22.9 Å². The number of amides is 1. The van der Waals surface area contributed by atoms with E-state index in [-0.39, 0.29) is 23.6 Å². The second-order valence-corrected chi connectivity index (χ2v) is 9.37. The molecule has 2 aromatic heterocycles. The third kappa shape index (κ3) is 5.30. The predicted molar refractivity (Wildman–Crippen MR) is 131 cm³/mol. The fraction of sp³-hybridized carbons (Fsp3) is 0.400. The lowest BCUT2D eigenvalue weighted by Gasteiger charge is -2.24. The number of rotatable bonds is 9. The number of fused-ring (bicyclic) bond motifs is 1. The number of allylic oxidation sites excluding steroid dienone is 1. The van der Waals surface area contributed by atoms with Gasteiger partial charge >= 0.3 is 0 Å². The number of aromatic nitrogens is 3. The van der Waals surface area contributed by atoms with Gasteiger partial charge in [0, 0.05) is 13.0 Å². The topological polar surface area (TPSA) is 91.4 Å². The van der Waals surface area contributed by atoms with Crippen LogP contribution in [0.25, 0.3) is 11.4 Å². The van der Waals surface area contributed by atoms with Crippen molar-refractivity contribution in [2.24, 2.45) is 5.92 Å². The minimum Gasteiger partial charge on any atom is -0.490 e. The third-order valence-electron chi connectivity index (χ3n) is 5.57. The summed E-state index contributed by atoms with van der Waals surface area (Å²) < 4.78 is 18.9. The molecule has 0 radical (unpaired) electrons. The summed E-state index contributed by atoms with van der Waals surface area (Å²) in [6.07, 6.45) is 4.26. The lowest BCUT2D eigenvalue weighted by Crippen LogP contribution is -2.33. The fourth-order valence-electron chi connectivity index (χ4n) is 3.86. The van der Waals surface area contributed by atoms with Crippen molar-refractivity contribution in [2.45, 2.75) is 44.9 Å². The third-order valence-corrected chi connectivity index (χ3v) is 6.54. The van der Waals surface area contributed by atoms with Gasteiger partial charge in [-0.2, -0.15) is 0 Å². The van der Waals surface area contributed by atoms with E-state index in [0.717, 1.165) is 34.8 Å². The Bertz CT molecular complexity index is 1150. The van der Waals surface area contributed by atoms with Gasteiger partial charge in [-0.3, -0.25) is 9.36 Å². The van der Waals surface area contributed by atoms with Gasteiger partial charge in [0.05, 0.1) is 36.8 Å². The Kier molecular flexibility index (Phi) is 7.62. The molecule has 3 heterocycles. The SMILES string of the molecule is C=CCn1c(SCC(=O)NC(c2ccc3c(c2)OCCCO3)C(C)C)nnc1-c1ccoc1C. The molecule has 3 aromatic rings. The van der Waals surface area contributed by atoms with Gasteiger partial charge in [0.2, 0.25) is 5.91 Å². The minimum absolute atomic E-state index is 0.0787. The van der Waals surface area contributed by atoms with Crippen molar-refractivity contribution in [3.63, 3.8) is 0 Å². The summed E-state index contributed by atoms with van der Waals surface area (Å²) in [7, 11) is 0. The van der Waals surface area contributed by atoms with Crippen molar-refractivity contribution in [1.29, 1.82) is 0 Å². The molecule has 0 saturated heterocycles. The van der Waals surface area contributed by atoms with E-state index < -0.39 is 0 Å². The molecule has 1 unspecified atom stereocenters. The van der Waals surface area contributed by atoms with E-state index in [1.165, 1.54) is 11.8 Å². The zero-order valence-electron chi connectivity index (χ0n) is 19.7. The van der Waals surface area contributed by atoms with Crippen LogP contribution in [0, 0.1) is 12.8 Å². The number of carbonyl (C=O) groups excluding carboxylic acids is 1. The molecule has 0 aliphatic carbocycles. The Morgan fingerprint density at radius 2 is 2.03 bits per heavy atom. The molecular formula is C25H30N4O4S. The van der Waals surface area contributed by atoms with Gasteiger partial charge in [0.25, 0.3) is 0 Å². The maximum absolute atomic E-state index is 12.9. The van der Waals surface area contributed by atoms with Crippen molar-refractivity contribution >= 4 is 17.7 Å². The standard InChI is InChI=1S/C25H30N4O4S/c1-5-10-29-24(19-9-13-31-17(19)4)27-28-25(29)34-15-22(30)26-23(16(2)3)18-7-8-20-21(14-18)33-12-6-11-32-20/h5,7-9,13-14,16,23H,1,6,10-12,15H2,2-4H3,(H,26,30). The van der Waals surface area contributed by atoms with E-state index in [1.54, 1.807) is 12.3 Å². The van der Waals surface area contributed by atoms with Crippen LogP contribution < -0.4 is 14.8 Å². The van der Waals surface area contributed by atoms with Crippen LogP contribution in [0.2, 0.25) is 0 Å². The first kappa shape index (κ1) is 23.9. The fourth-order valence-corrected chi connectivity index (χ4v) is 4.62. The van der Waals surface area contributed by atoms with E-state index in [9.17, 15) is 4.79 Å². The summed E-state index contributed by atoms with van der Waals surface area (Å²) in [5.74, 6) is 3.26. The largest absolute Gasteiger partial charge is 0.490 e. The summed E-state index contributed by atoms with van der Waals surface area (Å²) in [5.41, 5.74) is 1.87. The number of nitrogens with zero attached hydrogens (tertiary/aromatic N) is 3.